The van der Waals surface area contributed by atoms with Crippen molar-refractivity contribution in [2.45, 2.75) is 18.7 Å². The molecule has 1 N–H and O–H groups in total. The Labute approximate surface area is 164 Å². The number of amides is 1. The topological polar surface area (TPSA) is 79.4 Å². The number of nitrogens with one attached hydrogen (secondary N) is 1. The number of hydrogen-bond acceptors (Lipinski definition) is 4. The summed E-state index contributed by atoms with van der Waals surface area (Å²) in [7, 11) is -3.92. The smallest absolute Gasteiger partial charge is 0.264 e. The number of pyridine rings is 1. The van der Waals surface area contributed by atoms with Gasteiger partial charge in [0.15, 0.2) is 0 Å². The molecule has 28 heavy (non-hydrogen) atoms. The van der Waals surface area contributed by atoms with Gasteiger partial charge in [0.2, 0.25) is 5.91 Å². The van der Waals surface area contributed by atoms with Crippen LogP contribution in [0.1, 0.15) is 11.1 Å². The van der Waals surface area contributed by atoms with Gasteiger partial charge in [0.1, 0.15) is 6.54 Å². The van der Waals surface area contributed by atoms with Crippen molar-refractivity contribution in [3.63, 3.8) is 0 Å². The number of hydrogen-bond donors (Lipinski definition) is 1. The molecule has 7 heteroatoms. The first-order valence-corrected chi connectivity index (χ1v) is 10.2. The lowest BCUT2D eigenvalue weighted by molar-refractivity contribution is -0.114. The molecule has 0 saturated heterocycles. The SMILES string of the molecule is Cc1cc(C)cc(N(CC(=O)Nc2cccnc2)S(=O)(=O)c2ccccc2)c1. The fourth-order valence-corrected chi connectivity index (χ4v) is 4.32. The Kier molecular flexibility index (Phi) is 5.75. The van der Waals surface area contributed by atoms with E-state index in [4.69, 9.17) is 0 Å². The van der Waals surface area contributed by atoms with Crippen molar-refractivity contribution >= 4 is 27.3 Å². The summed E-state index contributed by atoms with van der Waals surface area (Å²) in [4.78, 5) is 16.7. The predicted octanol–water partition coefficient (Wildman–Crippen LogP) is 3.53. The zero-order valence-electron chi connectivity index (χ0n) is 15.7. The van der Waals surface area contributed by atoms with E-state index in [1.807, 2.05) is 19.9 Å². The number of benzene rings is 2. The Morgan fingerprint density at radius 2 is 1.68 bits per heavy atom. The van der Waals surface area contributed by atoms with Gasteiger partial charge in [-0.05, 0) is 61.4 Å². The standard InChI is InChI=1S/C21H21N3O3S/c1-16-11-17(2)13-19(12-16)24(28(26,27)20-8-4-3-5-9-20)15-21(25)23-18-7-6-10-22-14-18/h3-14H,15H2,1-2H3,(H,23,25). The minimum Gasteiger partial charge on any atom is -0.323 e. The van der Waals surface area contributed by atoms with Crippen molar-refractivity contribution < 1.29 is 13.2 Å². The summed E-state index contributed by atoms with van der Waals surface area (Å²) in [6.07, 6.45) is 3.10. The molecule has 144 valence electrons. The maximum atomic E-state index is 13.3. The maximum absolute atomic E-state index is 13.3. The van der Waals surface area contributed by atoms with Crippen molar-refractivity contribution in [2.75, 3.05) is 16.2 Å². The van der Waals surface area contributed by atoms with Gasteiger partial charge in [-0.1, -0.05) is 24.3 Å². The number of rotatable bonds is 6. The molecular formula is C21H21N3O3S. The molecule has 0 atom stereocenters. The van der Waals surface area contributed by atoms with E-state index in [1.165, 1.54) is 18.3 Å². The summed E-state index contributed by atoms with van der Waals surface area (Å²) in [5, 5.41) is 2.69. The van der Waals surface area contributed by atoms with Crippen LogP contribution in [-0.2, 0) is 14.8 Å². The Morgan fingerprint density at radius 1 is 1.00 bits per heavy atom. The summed E-state index contributed by atoms with van der Waals surface area (Å²) < 4.78 is 27.7. The molecule has 0 saturated carbocycles. The van der Waals surface area contributed by atoms with E-state index in [2.05, 4.69) is 10.3 Å². The second-order valence-electron chi connectivity index (χ2n) is 6.46. The van der Waals surface area contributed by atoms with E-state index in [0.29, 0.717) is 11.4 Å². The predicted molar refractivity (Wildman–Crippen MR) is 110 cm³/mol. The van der Waals surface area contributed by atoms with Gasteiger partial charge in [0, 0.05) is 6.20 Å². The molecule has 0 aliphatic heterocycles. The lowest BCUT2D eigenvalue weighted by Gasteiger charge is -2.25. The Bertz CT molecular complexity index is 1050. The summed E-state index contributed by atoms with van der Waals surface area (Å²) in [5.41, 5.74) is 2.78. The molecule has 0 aliphatic rings. The van der Waals surface area contributed by atoms with Gasteiger partial charge >= 0.3 is 0 Å². The van der Waals surface area contributed by atoms with E-state index in [0.717, 1.165) is 15.4 Å². The first-order chi connectivity index (χ1) is 13.4. The third kappa shape index (κ3) is 4.55. The highest BCUT2D eigenvalue weighted by molar-refractivity contribution is 7.92. The largest absolute Gasteiger partial charge is 0.323 e. The molecule has 1 aromatic heterocycles. The molecule has 2 aromatic carbocycles. The first-order valence-electron chi connectivity index (χ1n) is 8.72. The van der Waals surface area contributed by atoms with Crippen molar-refractivity contribution in [3.05, 3.63) is 84.2 Å². The molecule has 0 aliphatic carbocycles. The van der Waals surface area contributed by atoms with Crippen LogP contribution in [0.4, 0.5) is 11.4 Å². The number of aromatic nitrogens is 1. The van der Waals surface area contributed by atoms with E-state index in [1.54, 1.807) is 48.7 Å². The van der Waals surface area contributed by atoms with Gasteiger partial charge in [0.25, 0.3) is 10.0 Å². The fraction of sp³-hybridized carbons (Fsp3) is 0.143. The minimum atomic E-state index is -3.92. The van der Waals surface area contributed by atoms with Crippen LogP contribution in [0.25, 0.3) is 0 Å². The monoisotopic (exact) mass is 395 g/mol. The van der Waals surface area contributed by atoms with Crippen molar-refractivity contribution in [1.82, 2.24) is 4.98 Å². The number of anilines is 2. The van der Waals surface area contributed by atoms with Crippen LogP contribution in [0.2, 0.25) is 0 Å². The highest BCUT2D eigenvalue weighted by Gasteiger charge is 2.27. The van der Waals surface area contributed by atoms with Crippen LogP contribution >= 0.6 is 0 Å². The summed E-state index contributed by atoms with van der Waals surface area (Å²) in [6, 6.07) is 16.9. The molecule has 0 fully saturated rings. The van der Waals surface area contributed by atoms with Crippen molar-refractivity contribution in [2.24, 2.45) is 0 Å². The minimum absolute atomic E-state index is 0.128. The van der Waals surface area contributed by atoms with Crippen LogP contribution in [0.5, 0.6) is 0 Å². The van der Waals surface area contributed by atoms with Gasteiger partial charge in [-0.15, -0.1) is 0 Å². The van der Waals surface area contributed by atoms with Crippen molar-refractivity contribution in [1.29, 1.82) is 0 Å². The second kappa shape index (κ2) is 8.22. The Morgan fingerprint density at radius 3 is 2.29 bits per heavy atom. The first kappa shape index (κ1) is 19.6. The van der Waals surface area contributed by atoms with Gasteiger partial charge < -0.3 is 5.32 Å². The second-order valence-corrected chi connectivity index (χ2v) is 8.32. The molecule has 3 aromatic rings. The van der Waals surface area contributed by atoms with Gasteiger partial charge in [0.05, 0.1) is 22.5 Å². The molecule has 3 rings (SSSR count). The third-order valence-electron chi connectivity index (χ3n) is 4.06. The number of carbonyl (C=O) groups excluding carboxylic acids is 1. The fourth-order valence-electron chi connectivity index (χ4n) is 2.90. The highest BCUT2D eigenvalue weighted by atomic mass is 32.2. The zero-order chi connectivity index (χ0) is 20.1. The molecule has 0 unspecified atom stereocenters. The van der Waals surface area contributed by atoms with Crippen molar-refractivity contribution in [3.8, 4) is 0 Å². The third-order valence-corrected chi connectivity index (χ3v) is 5.85. The molecular weight excluding hydrogens is 374 g/mol. The normalized spacial score (nSPS) is 11.1. The van der Waals surface area contributed by atoms with Crippen LogP contribution < -0.4 is 9.62 Å². The van der Waals surface area contributed by atoms with Gasteiger partial charge in [-0.2, -0.15) is 0 Å². The van der Waals surface area contributed by atoms with E-state index in [9.17, 15) is 13.2 Å². The van der Waals surface area contributed by atoms with Crippen LogP contribution in [0.3, 0.4) is 0 Å². The lowest BCUT2D eigenvalue weighted by Crippen LogP contribution is -2.38. The van der Waals surface area contributed by atoms with Crippen LogP contribution in [0.15, 0.2) is 78.0 Å². The number of nitrogens with zero attached hydrogens (tertiary/aromatic N) is 2. The van der Waals surface area contributed by atoms with E-state index < -0.39 is 15.9 Å². The highest BCUT2D eigenvalue weighted by Crippen LogP contribution is 2.26. The number of sulfonamides is 1. The average molecular weight is 395 g/mol. The summed E-state index contributed by atoms with van der Waals surface area (Å²) >= 11 is 0. The van der Waals surface area contributed by atoms with Crippen LogP contribution in [0, 0.1) is 13.8 Å². The van der Waals surface area contributed by atoms with E-state index in [-0.39, 0.29) is 11.4 Å². The Hall–Kier alpha value is -3.19. The van der Waals surface area contributed by atoms with Crippen LogP contribution in [-0.4, -0.2) is 25.9 Å². The average Bonchev–Trinajstić information content (AvgIpc) is 2.66. The molecule has 1 amide bonds. The number of aryl methyl sites for hydroxylation is 2. The molecule has 0 spiro atoms. The van der Waals surface area contributed by atoms with E-state index >= 15 is 0 Å². The lowest BCUT2D eigenvalue weighted by atomic mass is 10.1. The number of carbonyl (C=O) groups is 1. The molecule has 0 radical (unpaired) electrons. The Balaban J connectivity index is 1.98. The van der Waals surface area contributed by atoms with Gasteiger partial charge in [-0.25, -0.2) is 8.42 Å². The zero-order valence-corrected chi connectivity index (χ0v) is 16.5. The summed E-state index contributed by atoms with van der Waals surface area (Å²) in [6.45, 7) is 3.42. The molecule has 1 heterocycles. The van der Waals surface area contributed by atoms with Gasteiger partial charge in [-0.3, -0.25) is 14.1 Å². The summed E-state index contributed by atoms with van der Waals surface area (Å²) in [5.74, 6) is -0.452. The molecule has 6 nitrogen and oxygen atoms in total. The molecule has 0 bridgehead atoms. The maximum Gasteiger partial charge on any atom is 0.264 e. The quantitative estimate of drug-likeness (QED) is 0.692.